The quantitative estimate of drug-likeness (QED) is 0.404. The molecule has 2 aromatic carbocycles. The molecule has 31 heavy (non-hydrogen) atoms. The largest absolute Gasteiger partial charge is 0.342 e. The van der Waals surface area contributed by atoms with Crippen molar-refractivity contribution in [3.05, 3.63) is 64.4 Å². The van der Waals surface area contributed by atoms with Crippen LogP contribution in [0.25, 0.3) is 16.6 Å². The van der Waals surface area contributed by atoms with E-state index in [0.717, 1.165) is 38.0 Å². The summed E-state index contributed by atoms with van der Waals surface area (Å²) in [6.45, 7) is 6.03. The van der Waals surface area contributed by atoms with Gasteiger partial charge in [-0.2, -0.15) is 0 Å². The number of nitrogens with zero attached hydrogens (tertiary/aromatic N) is 3. The number of rotatable bonds is 6. The third kappa shape index (κ3) is 4.69. The first-order valence-corrected chi connectivity index (χ1v) is 12.1. The summed E-state index contributed by atoms with van der Waals surface area (Å²) in [5.74, 6) is 0.873. The Morgan fingerprint density at radius 2 is 1.77 bits per heavy atom. The Morgan fingerprint density at radius 3 is 2.48 bits per heavy atom. The monoisotopic (exact) mass is 435 g/mol. The summed E-state index contributed by atoms with van der Waals surface area (Å²) in [6.07, 6.45) is 4.39. The molecule has 2 heterocycles. The number of carbonyl (C=O) groups is 1. The molecule has 1 fully saturated rings. The predicted octanol–water partition coefficient (Wildman–Crippen LogP) is 5.00. The van der Waals surface area contributed by atoms with Crippen molar-refractivity contribution in [1.82, 2.24) is 14.5 Å². The van der Waals surface area contributed by atoms with Crippen LogP contribution in [0.4, 0.5) is 0 Å². The first kappa shape index (κ1) is 21.6. The lowest BCUT2D eigenvalue weighted by Crippen LogP contribution is -2.36. The molecule has 0 saturated carbocycles. The van der Waals surface area contributed by atoms with Gasteiger partial charge in [-0.15, -0.1) is 0 Å². The zero-order valence-corrected chi connectivity index (χ0v) is 19.0. The summed E-state index contributed by atoms with van der Waals surface area (Å²) in [7, 11) is 0. The molecule has 0 bridgehead atoms. The van der Waals surface area contributed by atoms with Gasteiger partial charge in [0.1, 0.15) is 0 Å². The lowest BCUT2D eigenvalue weighted by atomic mass is 9.98. The Hall–Kier alpha value is -2.60. The normalized spacial score (nSPS) is 15.2. The van der Waals surface area contributed by atoms with Gasteiger partial charge < -0.3 is 4.90 Å². The summed E-state index contributed by atoms with van der Waals surface area (Å²) in [5, 5.41) is 1.14. The highest BCUT2D eigenvalue weighted by Crippen LogP contribution is 2.24. The van der Waals surface area contributed by atoms with E-state index < -0.39 is 0 Å². The number of likely N-dealkylation sites (tertiary alicyclic amines) is 1. The lowest BCUT2D eigenvalue weighted by Gasteiger charge is -2.26. The molecule has 1 atom stereocenters. The number of fused-ring (bicyclic) bond motifs is 1. The minimum absolute atomic E-state index is 0.102. The van der Waals surface area contributed by atoms with Crippen LogP contribution in [-0.2, 0) is 4.79 Å². The van der Waals surface area contributed by atoms with Crippen LogP contribution in [0.3, 0.4) is 0 Å². The van der Waals surface area contributed by atoms with E-state index in [2.05, 4.69) is 26.0 Å². The minimum Gasteiger partial charge on any atom is -0.342 e. The van der Waals surface area contributed by atoms with Crippen LogP contribution in [0.1, 0.15) is 51.0 Å². The number of thioether (sulfide) groups is 1. The first-order valence-electron chi connectivity index (χ1n) is 11.1. The van der Waals surface area contributed by atoms with Crippen molar-refractivity contribution in [3.63, 3.8) is 0 Å². The molecule has 3 aromatic rings. The zero-order valence-electron chi connectivity index (χ0n) is 18.2. The van der Waals surface area contributed by atoms with Crippen LogP contribution in [0.15, 0.2) is 58.5 Å². The summed E-state index contributed by atoms with van der Waals surface area (Å²) in [6, 6.07) is 15.5. The van der Waals surface area contributed by atoms with Gasteiger partial charge in [-0.05, 0) is 61.4 Å². The number of piperidine rings is 1. The van der Waals surface area contributed by atoms with Gasteiger partial charge in [-0.3, -0.25) is 14.2 Å². The minimum atomic E-state index is -0.102. The van der Waals surface area contributed by atoms with Crippen LogP contribution in [0, 0.1) is 0 Å². The molecule has 1 aliphatic rings. The second kappa shape index (κ2) is 9.69. The zero-order chi connectivity index (χ0) is 21.8. The number of benzene rings is 2. The van der Waals surface area contributed by atoms with Crippen molar-refractivity contribution < 1.29 is 4.79 Å². The Kier molecular flexibility index (Phi) is 6.76. The summed E-state index contributed by atoms with van der Waals surface area (Å²) in [4.78, 5) is 32.8. The fourth-order valence-electron chi connectivity index (χ4n) is 3.99. The number of hydrogen-bond acceptors (Lipinski definition) is 4. The molecule has 162 valence electrons. The molecule has 0 N–H and O–H groups in total. The lowest BCUT2D eigenvalue weighted by molar-refractivity contribution is -0.129. The fourth-order valence-corrected chi connectivity index (χ4v) is 4.90. The Bertz CT molecular complexity index is 1120. The van der Waals surface area contributed by atoms with E-state index >= 15 is 0 Å². The van der Waals surface area contributed by atoms with Crippen molar-refractivity contribution in [3.8, 4) is 5.69 Å². The van der Waals surface area contributed by atoms with Gasteiger partial charge in [0.25, 0.3) is 5.56 Å². The highest BCUT2D eigenvalue weighted by Gasteiger charge is 2.19. The molecule has 0 unspecified atom stereocenters. The molecule has 1 saturated heterocycles. The summed E-state index contributed by atoms with van der Waals surface area (Å²) < 4.78 is 1.65. The topological polar surface area (TPSA) is 55.2 Å². The number of hydrogen-bond donors (Lipinski definition) is 0. The van der Waals surface area contributed by atoms with Crippen molar-refractivity contribution in [1.29, 1.82) is 0 Å². The maximum absolute atomic E-state index is 13.4. The average molecular weight is 436 g/mol. The van der Waals surface area contributed by atoms with E-state index in [1.54, 1.807) is 4.57 Å². The van der Waals surface area contributed by atoms with Crippen molar-refractivity contribution in [2.75, 3.05) is 18.8 Å². The van der Waals surface area contributed by atoms with Gasteiger partial charge in [0.05, 0.1) is 22.3 Å². The molecule has 5 nitrogen and oxygen atoms in total. The Morgan fingerprint density at radius 1 is 1.06 bits per heavy atom. The molecule has 4 rings (SSSR count). The smallest absolute Gasteiger partial charge is 0.266 e. The van der Waals surface area contributed by atoms with Gasteiger partial charge in [0.2, 0.25) is 5.91 Å². The third-order valence-corrected chi connectivity index (χ3v) is 7.03. The van der Waals surface area contributed by atoms with E-state index in [1.807, 2.05) is 41.3 Å². The molecule has 1 aliphatic heterocycles. The van der Waals surface area contributed by atoms with E-state index in [9.17, 15) is 9.59 Å². The molecular formula is C25H29N3O2S. The average Bonchev–Trinajstić information content (AvgIpc) is 2.83. The van der Waals surface area contributed by atoms with Gasteiger partial charge in [-0.1, -0.05) is 49.9 Å². The van der Waals surface area contributed by atoms with E-state index in [0.29, 0.717) is 22.0 Å². The van der Waals surface area contributed by atoms with Crippen molar-refractivity contribution in [2.24, 2.45) is 0 Å². The fraction of sp³-hybridized carbons (Fsp3) is 0.400. The van der Waals surface area contributed by atoms with Crippen molar-refractivity contribution >= 4 is 28.6 Å². The van der Waals surface area contributed by atoms with Crippen LogP contribution in [-0.4, -0.2) is 39.2 Å². The predicted molar refractivity (Wildman–Crippen MR) is 127 cm³/mol. The van der Waals surface area contributed by atoms with Crippen LogP contribution < -0.4 is 5.56 Å². The van der Waals surface area contributed by atoms with E-state index in [-0.39, 0.29) is 17.2 Å². The molecular weight excluding hydrogens is 406 g/mol. The second-order valence-electron chi connectivity index (χ2n) is 8.18. The van der Waals surface area contributed by atoms with Gasteiger partial charge in [-0.25, -0.2) is 4.98 Å². The number of para-hydroxylation sites is 1. The number of aromatic nitrogens is 2. The number of amides is 1. The van der Waals surface area contributed by atoms with Gasteiger partial charge in [0.15, 0.2) is 5.16 Å². The van der Waals surface area contributed by atoms with Gasteiger partial charge >= 0.3 is 0 Å². The molecule has 0 radical (unpaired) electrons. The maximum atomic E-state index is 13.4. The molecule has 0 aliphatic carbocycles. The van der Waals surface area contributed by atoms with E-state index in [4.69, 9.17) is 4.98 Å². The summed E-state index contributed by atoms with van der Waals surface area (Å²) in [5.41, 5.74) is 2.59. The van der Waals surface area contributed by atoms with E-state index in [1.165, 1.54) is 23.7 Å². The molecule has 0 spiro atoms. The van der Waals surface area contributed by atoms with Crippen molar-refractivity contribution in [2.45, 2.75) is 50.6 Å². The summed E-state index contributed by atoms with van der Waals surface area (Å²) >= 11 is 1.35. The molecule has 6 heteroatoms. The first-order chi connectivity index (χ1) is 15.1. The highest BCUT2D eigenvalue weighted by molar-refractivity contribution is 7.99. The van der Waals surface area contributed by atoms with Crippen LogP contribution in [0.2, 0.25) is 0 Å². The van der Waals surface area contributed by atoms with Crippen LogP contribution in [0.5, 0.6) is 0 Å². The second-order valence-corrected chi connectivity index (χ2v) is 9.13. The van der Waals surface area contributed by atoms with Crippen LogP contribution >= 0.6 is 11.8 Å². The third-order valence-electron chi connectivity index (χ3n) is 6.11. The Labute approximate surface area is 187 Å². The van der Waals surface area contributed by atoms with Gasteiger partial charge in [0, 0.05) is 13.1 Å². The maximum Gasteiger partial charge on any atom is 0.266 e. The highest BCUT2D eigenvalue weighted by atomic mass is 32.2. The standard InChI is InChI=1S/C25H29N3O2S/c1-3-18(2)19-11-13-20(14-12-19)28-24(30)21-9-5-6-10-22(21)26-25(28)31-17-23(29)27-15-7-4-8-16-27/h5-6,9-14,18H,3-4,7-8,15-17H2,1-2H3/t18-/m1/s1. The Balaban J connectivity index is 1.69. The molecule has 1 aromatic heterocycles. The number of carbonyl (C=O) groups excluding carboxylic acids is 1. The molecule has 1 amide bonds. The SMILES string of the molecule is CC[C@@H](C)c1ccc(-n2c(SCC(=O)N3CCCCC3)nc3ccccc3c2=O)cc1.